The highest BCUT2D eigenvalue weighted by Crippen LogP contribution is 2.42. The summed E-state index contributed by atoms with van der Waals surface area (Å²) in [6, 6.07) is 9.37. The molecular formula is C25H26ClF3N2O2. The smallest absolute Gasteiger partial charge is 0.419 e. The molecule has 0 N–H and O–H groups in total. The van der Waals surface area contributed by atoms with Gasteiger partial charge in [-0.05, 0) is 56.1 Å². The monoisotopic (exact) mass is 478 g/mol. The lowest BCUT2D eigenvalue weighted by molar-refractivity contribution is -0.139. The standard InChI is InChI=1S/C25H26ClF3N2O2/c26-21-7-3-2-6-19(21)23(32)9-13-31-12-8-18-16-20(25(27,28)29)24(17-22(18)31)33-15-14-30-10-4-1-5-11-30/h2-3,6-7,9,13,16-17H,1,4-5,8,10-12,14-15H2/b13-9+. The molecule has 0 atom stereocenters. The van der Waals surface area contributed by atoms with Crippen LogP contribution in [0.25, 0.3) is 0 Å². The summed E-state index contributed by atoms with van der Waals surface area (Å²) in [5, 5.41) is 0.355. The number of fused-ring (bicyclic) bond motifs is 1. The predicted octanol–water partition coefficient (Wildman–Crippen LogP) is 5.98. The molecule has 0 unspecified atom stereocenters. The first-order valence-corrected chi connectivity index (χ1v) is 11.5. The van der Waals surface area contributed by atoms with Gasteiger partial charge in [-0.1, -0.05) is 30.2 Å². The Morgan fingerprint density at radius 3 is 2.58 bits per heavy atom. The van der Waals surface area contributed by atoms with Crippen LogP contribution in [-0.2, 0) is 12.6 Å². The van der Waals surface area contributed by atoms with E-state index in [0.29, 0.717) is 41.3 Å². The Hall–Kier alpha value is -2.51. The number of anilines is 1. The molecule has 0 radical (unpaired) electrons. The van der Waals surface area contributed by atoms with E-state index >= 15 is 0 Å². The van der Waals surface area contributed by atoms with Gasteiger partial charge in [0.05, 0.1) is 10.6 Å². The van der Waals surface area contributed by atoms with E-state index in [1.54, 1.807) is 35.4 Å². The van der Waals surface area contributed by atoms with Gasteiger partial charge in [-0.2, -0.15) is 13.2 Å². The minimum absolute atomic E-state index is 0.170. The maximum atomic E-state index is 13.7. The van der Waals surface area contributed by atoms with Gasteiger partial charge >= 0.3 is 6.18 Å². The largest absolute Gasteiger partial charge is 0.492 e. The number of allylic oxidation sites excluding steroid dienone is 1. The molecule has 0 aliphatic carbocycles. The first-order valence-electron chi connectivity index (χ1n) is 11.2. The summed E-state index contributed by atoms with van der Waals surface area (Å²) < 4.78 is 46.8. The first kappa shape index (κ1) is 23.6. The molecule has 2 aliphatic rings. The predicted molar refractivity (Wildman–Crippen MR) is 123 cm³/mol. The highest BCUT2D eigenvalue weighted by Gasteiger charge is 2.36. The summed E-state index contributed by atoms with van der Waals surface area (Å²) in [5.41, 5.74) is 0.835. The maximum absolute atomic E-state index is 13.7. The van der Waals surface area contributed by atoms with Crippen molar-refractivity contribution < 1.29 is 22.7 Å². The number of hydrogen-bond acceptors (Lipinski definition) is 4. The van der Waals surface area contributed by atoms with Crippen LogP contribution < -0.4 is 9.64 Å². The van der Waals surface area contributed by atoms with Gasteiger partial charge in [0.25, 0.3) is 0 Å². The highest BCUT2D eigenvalue weighted by atomic mass is 35.5. The molecule has 4 nitrogen and oxygen atoms in total. The lowest BCUT2D eigenvalue weighted by Gasteiger charge is -2.26. The van der Waals surface area contributed by atoms with E-state index in [2.05, 4.69) is 4.90 Å². The number of hydrogen-bond donors (Lipinski definition) is 0. The molecule has 2 aromatic carbocycles. The zero-order valence-corrected chi connectivity index (χ0v) is 19.0. The molecule has 176 valence electrons. The zero-order valence-electron chi connectivity index (χ0n) is 18.2. The van der Waals surface area contributed by atoms with Crippen LogP contribution in [0.4, 0.5) is 18.9 Å². The fourth-order valence-corrected chi connectivity index (χ4v) is 4.54. The average Bonchev–Trinajstić information content (AvgIpc) is 3.19. The van der Waals surface area contributed by atoms with Crippen LogP contribution in [-0.4, -0.2) is 43.5 Å². The van der Waals surface area contributed by atoms with Gasteiger partial charge in [0.1, 0.15) is 12.4 Å². The van der Waals surface area contributed by atoms with Crippen molar-refractivity contribution >= 4 is 23.1 Å². The summed E-state index contributed by atoms with van der Waals surface area (Å²) in [7, 11) is 0. The number of ether oxygens (including phenoxy) is 1. The fourth-order valence-electron chi connectivity index (χ4n) is 4.31. The van der Waals surface area contributed by atoms with E-state index in [1.807, 2.05) is 0 Å². The number of likely N-dealkylation sites (tertiary alicyclic amines) is 1. The molecule has 1 saturated heterocycles. The minimum Gasteiger partial charge on any atom is -0.492 e. The highest BCUT2D eigenvalue weighted by molar-refractivity contribution is 6.34. The van der Waals surface area contributed by atoms with E-state index in [1.165, 1.54) is 24.6 Å². The fraction of sp³-hybridized carbons (Fsp3) is 0.400. The van der Waals surface area contributed by atoms with Crippen molar-refractivity contribution in [2.45, 2.75) is 31.9 Å². The van der Waals surface area contributed by atoms with Gasteiger partial charge < -0.3 is 9.64 Å². The third-order valence-corrected chi connectivity index (χ3v) is 6.41. The lowest BCUT2D eigenvalue weighted by Crippen LogP contribution is -2.33. The SMILES string of the molecule is O=C(/C=C/N1CCc2cc(C(F)(F)F)c(OCCN3CCCCC3)cc21)c1ccccc1Cl. The van der Waals surface area contributed by atoms with Crippen molar-refractivity contribution in [2.24, 2.45) is 0 Å². The summed E-state index contributed by atoms with van der Waals surface area (Å²) >= 11 is 6.09. The van der Waals surface area contributed by atoms with Gasteiger partial charge in [-0.3, -0.25) is 9.69 Å². The molecule has 2 aromatic rings. The van der Waals surface area contributed by atoms with Crippen LogP contribution in [0.3, 0.4) is 0 Å². The number of nitrogens with zero attached hydrogens (tertiary/aromatic N) is 2. The average molecular weight is 479 g/mol. The molecule has 0 spiro atoms. The second kappa shape index (κ2) is 10.2. The van der Waals surface area contributed by atoms with E-state index in [4.69, 9.17) is 16.3 Å². The third kappa shape index (κ3) is 5.71. The molecule has 1 fully saturated rings. The molecule has 8 heteroatoms. The first-order chi connectivity index (χ1) is 15.8. The van der Waals surface area contributed by atoms with Gasteiger partial charge in [-0.25, -0.2) is 0 Å². The minimum atomic E-state index is -4.50. The van der Waals surface area contributed by atoms with E-state index in [-0.39, 0.29) is 18.1 Å². The van der Waals surface area contributed by atoms with Crippen LogP contribution in [0.15, 0.2) is 48.7 Å². The number of carbonyl (C=O) groups is 1. The van der Waals surface area contributed by atoms with Crippen molar-refractivity contribution in [3.05, 3.63) is 70.4 Å². The second-order valence-corrected chi connectivity index (χ2v) is 8.74. The summed E-state index contributed by atoms with van der Waals surface area (Å²) in [4.78, 5) is 16.5. The number of halogens is 4. The Kier molecular flexibility index (Phi) is 7.29. The Balaban J connectivity index is 1.52. The summed E-state index contributed by atoms with van der Waals surface area (Å²) in [6.45, 7) is 3.19. The Morgan fingerprint density at radius 2 is 1.85 bits per heavy atom. The number of benzene rings is 2. The van der Waals surface area contributed by atoms with Crippen molar-refractivity contribution in [3.63, 3.8) is 0 Å². The van der Waals surface area contributed by atoms with Crippen molar-refractivity contribution in [1.29, 1.82) is 0 Å². The number of rotatable bonds is 7. The number of piperidine rings is 1. The van der Waals surface area contributed by atoms with Crippen LogP contribution in [0, 0.1) is 0 Å². The normalized spacial score (nSPS) is 16.9. The van der Waals surface area contributed by atoms with Crippen molar-refractivity contribution in [1.82, 2.24) is 4.90 Å². The Bertz CT molecular complexity index is 1030. The maximum Gasteiger partial charge on any atom is 0.419 e. The quantitative estimate of drug-likeness (QED) is 0.362. The molecule has 0 saturated carbocycles. The van der Waals surface area contributed by atoms with Crippen molar-refractivity contribution in [2.75, 3.05) is 37.7 Å². The molecular weight excluding hydrogens is 453 g/mol. The molecule has 0 amide bonds. The van der Waals surface area contributed by atoms with Gasteiger partial charge in [-0.15, -0.1) is 0 Å². The van der Waals surface area contributed by atoms with Crippen LogP contribution in [0.5, 0.6) is 5.75 Å². The van der Waals surface area contributed by atoms with Gasteiger partial charge in [0.2, 0.25) is 0 Å². The Labute approximate surface area is 196 Å². The summed E-state index contributed by atoms with van der Waals surface area (Å²) in [6.07, 6.45) is 2.37. The Morgan fingerprint density at radius 1 is 1.09 bits per heavy atom. The molecule has 0 bridgehead atoms. The number of carbonyl (C=O) groups excluding carboxylic acids is 1. The van der Waals surface area contributed by atoms with E-state index in [0.717, 1.165) is 25.9 Å². The number of alkyl halides is 3. The molecule has 0 aromatic heterocycles. The van der Waals surface area contributed by atoms with E-state index < -0.39 is 11.7 Å². The molecule has 2 heterocycles. The van der Waals surface area contributed by atoms with Crippen LogP contribution >= 0.6 is 11.6 Å². The van der Waals surface area contributed by atoms with Crippen LogP contribution in [0.2, 0.25) is 5.02 Å². The van der Waals surface area contributed by atoms with Gasteiger partial charge in [0, 0.05) is 42.7 Å². The molecule has 33 heavy (non-hydrogen) atoms. The van der Waals surface area contributed by atoms with Crippen LogP contribution in [0.1, 0.15) is 40.7 Å². The zero-order chi connectivity index (χ0) is 23.4. The molecule has 4 rings (SSSR count). The number of ketones is 1. The van der Waals surface area contributed by atoms with Crippen molar-refractivity contribution in [3.8, 4) is 5.75 Å². The second-order valence-electron chi connectivity index (χ2n) is 8.33. The third-order valence-electron chi connectivity index (χ3n) is 6.08. The summed E-state index contributed by atoms with van der Waals surface area (Å²) in [5.74, 6) is -0.435. The lowest BCUT2D eigenvalue weighted by atomic mass is 10.1. The van der Waals surface area contributed by atoms with Gasteiger partial charge in [0.15, 0.2) is 5.78 Å². The molecule has 2 aliphatic heterocycles. The van der Waals surface area contributed by atoms with E-state index in [9.17, 15) is 18.0 Å². The topological polar surface area (TPSA) is 32.8 Å².